The van der Waals surface area contributed by atoms with Crippen molar-refractivity contribution in [3.63, 3.8) is 0 Å². The number of aromatic hydroxyl groups is 1. The zero-order chi connectivity index (χ0) is 15.0. The first-order valence-corrected chi connectivity index (χ1v) is 6.93. The molecule has 0 heterocycles. The minimum atomic E-state index is 0.0433. The minimum absolute atomic E-state index is 0.0433. The van der Waals surface area contributed by atoms with Gasteiger partial charge in [0.15, 0.2) is 11.5 Å². The zero-order valence-corrected chi connectivity index (χ0v) is 12.4. The molecule has 1 aromatic carbocycles. The molecule has 112 valence electrons. The summed E-state index contributed by atoms with van der Waals surface area (Å²) in [5, 5.41) is 16.0. The smallest absolute Gasteiger partial charge is 0.221 e. The molecule has 1 atom stereocenters. The van der Waals surface area contributed by atoms with E-state index in [0.717, 1.165) is 12.0 Å². The van der Waals surface area contributed by atoms with Crippen molar-refractivity contribution in [3.05, 3.63) is 23.8 Å². The van der Waals surface area contributed by atoms with E-state index in [1.807, 2.05) is 26.0 Å². The van der Waals surface area contributed by atoms with Crippen LogP contribution in [0.1, 0.15) is 32.3 Å². The fourth-order valence-corrected chi connectivity index (χ4v) is 1.75. The Kier molecular flexibility index (Phi) is 6.87. The first-order chi connectivity index (χ1) is 9.58. The molecule has 0 aromatic heterocycles. The van der Waals surface area contributed by atoms with E-state index >= 15 is 0 Å². The second kappa shape index (κ2) is 8.43. The molecule has 0 bridgehead atoms. The number of carbonyl (C=O) groups excluding carboxylic acids is 1. The fraction of sp³-hybridized carbons (Fsp3) is 0.533. The average Bonchev–Trinajstić information content (AvgIpc) is 2.44. The van der Waals surface area contributed by atoms with E-state index in [-0.39, 0.29) is 17.7 Å². The Morgan fingerprint density at radius 3 is 2.85 bits per heavy atom. The van der Waals surface area contributed by atoms with Crippen molar-refractivity contribution in [1.29, 1.82) is 0 Å². The third kappa shape index (κ3) is 5.09. The minimum Gasteiger partial charge on any atom is -0.504 e. The number of para-hydroxylation sites is 1. The summed E-state index contributed by atoms with van der Waals surface area (Å²) in [6.45, 7) is 5.09. The third-order valence-electron chi connectivity index (χ3n) is 3.17. The van der Waals surface area contributed by atoms with Crippen LogP contribution in [0.3, 0.4) is 0 Å². The number of rotatable bonds is 8. The predicted octanol–water partition coefficient (Wildman–Crippen LogP) is 1.80. The molecule has 0 saturated heterocycles. The van der Waals surface area contributed by atoms with E-state index in [4.69, 9.17) is 4.74 Å². The van der Waals surface area contributed by atoms with Gasteiger partial charge in [-0.05, 0) is 19.4 Å². The number of nitrogens with one attached hydrogen (secondary N) is 2. The highest BCUT2D eigenvalue weighted by Crippen LogP contribution is 2.28. The Labute approximate surface area is 120 Å². The van der Waals surface area contributed by atoms with Gasteiger partial charge in [0.2, 0.25) is 5.91 Å². The van der Waals surface area contributed by atoms with Gasteiger partial charge in [-0.3, -0.25) is 4.79 Å². The molecule has 3 N–H and O–H groups in total. The lowest BCUT2D eigenvalue weighted by Crippen LogP contribution is -2.33. The Morgan fingerprint density at radius 1 is 1.45 bits per heavy atom. The van der Waals surface area contributed by atoms with Gasteiger partial charge in [0, 0.05) is 31.1 Å². The summed E-state index contributed by atoms with van der Waals surface area (Å²) in [5.74, 6) is 0.645. The highest BCUT2D eigenvalue weighted by molar-refractivity contribution is 5.76. The van der Waals surface area contributed by atoms with E-state index in [0.29, 0.717) is 25.3 Å². The lowest BCUT2D eigenvalue weighted by Gasteiger charge is -2.12. The van der Waals surface area contributed by atoms with Gasteiger partial charge in [-0.1, -0.05) is 19.1 Å². The van der Waals surface area contributed by atoms with E-state index in [1.54, 1.807) is 6.07 Å². The third-order valence-corrected chi connectivity index (χ3v) is 3.17. The fourth-order valence-electron chi connectivity index (χ4n) is 1.75. The molecule has 1 aromatic rings. The van der Waals surface area contributed by atoms with E-state index < -0.39 is 0 Å². The SMILES string of the molecule is CCC(C)NC(=O)CCNCc1cccc(OC)c1O. The maximum Gasteiger partial charge on any atom is 0.221 e. The van der Waals surface area contributed by atoms with Crippen LogP contribution >= 0.6 is 0 Å². The zero-order valence-electron chi connectivity index (χ0n) is 12.4. The second-order valence-electron chi connectivity index (χ2n) is 4.77. The summed E-state index contributed by atoms with van der Waals surface area (Å²) in [5.41, 5.74) is 0.756. The molecule has 1 amide bonds. The summed E-state index contributed by atoms with van der Waals surface area (Å²) in [4.78, 5) is 11.6. The lowest BCUT2D eigenvalue weighted by molar-refractivity contribution is -0.121. The number of benzene rings is 1. The van der Waals surface area contributed by atoms with Crippen molar-refractivity contribution in [2.75, 3.05) is 13.7 Å². The summed E-state index contributed by atoms with van der Waals surface area (Å²) < 4.78 is 5.04. The first-order valence-electron chi connectivity index (χ1n) is 6.93. The lowest BCUT2D eigenvalue weighted by atomic mass is 10.2. The standard InChI is InChI=1S/C15H24N2O3/c1-4-11(2)17-14(18)8-9-16-10-12-6-5-7-13(20-3)15(12)19/h5-7,11,16,19H,4,8-10H2,1-3H3,(H,17,18). The van der Waals surface area contributed by atoms with Gasteiger partial charge in [-0.2, -0.15) is 0 Å². The van der Waals surface area contributed by atoms with Crippen molar-refractivity contribution >= 4 is 5.91 Å². The van der Waals surface area contributed by atoms with Crippen molar-refractivity contribution in [1.82, 2.24) is 10.6 Å². The van der Waals surface area contributed by atoms with Gasteiger partial charge in [0.25, 0.3) is 0 Å². The number of phenols is 1. The van der Waals surface area contributed by atoms with Crippen molar-refractivity contribution < 1.29 is 14.6 Å². The van der Waals surface area contributed by atoms with Gasteiger partial charge in [0.1, 0.15) is 0 Å². The molecular weight excluding hydrogens is 256 g/mol. The molecule has 1 rings (SSSR count). The number of ether oxygens (including phenoxy) is 1. The highest BCUT2D eigenvalue weighted by Gasteiger charge is 2.08. The summed E-state index contributed by atoms with van der Waals surface area (Å²) in [7, 11) is 1.52. The Bertz CT molecular complexity index is 435. The monoisotopic (exact) mass is 280 g/mol. The van der Waals surface area contributed by atoms with Crippen LogP contribution in [-0.4, -0.2) is 30.7 Å². The van der Waals surface area contributed by atoms with Gasteiger partial charge >= 0.3 is 0 Å². The Morgan fingerprint density at radius 2 is 2.20 bits per heavy atom. The van der Waals surface area contributed by atoms with Crippen LogP contribution in [0.5, 0.6) is 11.5 Å². The second-order valence-corrected chi connectivity index (χ2v) is 4.77. The van der Waals surface area contributed by atoms with Crippen LogP contribution in [0.4, 0.5) is 0 Å². The van der Waals surface area contributed by atoms with Crippen LogP contribution in [0.15, 0.2) is 18.2 Å². The molecule has 1 unspecified atom stereocenters. The van der Waals surface area contributed by atoms with Crippen LogP contribution in [0, 0.1) is 0 Å². The number of carbonyl (C=O) groups is 1. The van der Waals surface area contributed by atoms with Crippen molar-refractivity contribution in [2.45, 2.75) is 39.3 Å². The number of hydrogen-bond acceptors (Lipinski definition) is 4. The quantitative estimate of drug-likeness (QED) is 0.635. The molecule has 20 heavy (non-hydrogen) atoms. The summed E-state index contributed by atoms with van der Waals surface area (Å²) >= 11 is 0. The summed E-state index contributed by atoms with van der Waals surface area (Å²) in [6.07, 6.45) is 1.35. The molecule has 0 aliphatic heterocycles. The maximum absolute atomic E-state index is 11.6. The van der Waals surface area contributed by atoms with Crippen molar-refractivity contribution in [2.24, 2.45) is 0 Å². The van der Waals surface area contributed by atoms with Gasteiger partial charge < -0.3 is 20.5 Å². The number of phenolic OH excluding ortho intramolecular Hbond substituents is 1. The largest absolute Gasteiger partial charge is 0.504 e. The van der Waals surface area contributed by atoms with Gasteiger partial charge in [-0.25, -0.2) is 0 Å². The Hall–Kier alpha value is -1.75. The molecule has 0 spiro atoms. The highest BCUT2D eigenvalue weighted by atomic mass is 16.5. The molecule has 5 heteroatoms. The van der Waals surface area contributed by atoms with Crippen LogP contribution < -0.4 is 15.4 Å². The molecule has 0 radical (unpaired) electrons. The van der Waals surface area contributed by atoms with Crippen molar-refractivity contribution in [3.8, 4) is 11.5 Å². The maximum atomic E-state index is 11.6. The molecule has 0 aliphatic rings. The first kappa shape index (κ1) is 16.3. The number of amides is 1. The van der Waals surface area contributed by atoms with Crippen LogP contribution in [0.25, 0.3) is 0 Å². The molecular formula is C15H24N2O3. The average molecular weight is 280 g/mol. The number of hydrogen-bond donors (Lipinski definition) is 3. The molecule has 0 saturated carbocycles. The van der Waals surface area contributed by atoms with Gasteiger partial charge in [-0.15, -0.1) is 0 Å². The summed E-state index contributed by atoms with van der Waals surface area (Å²) in [6, 6.07) is 5.57. The topological polar surface area (TPSA) is 70.6 Å². The van der Waals surface area contributed by atoms with Crippen LogP contribution in [-0.2, 0) is 11.3 Å². The Balaban J connectivity index is 2.33. The molecule has 0 aliphatic carbocycles. The number of methoxy groups -OCH3 is 1. The van der Waals surface area contributed by atoms with E-state index in [9.17, 15) is 9.90 Å². The predicted molar refractivity (Wildman–Crippen MR) is 78.9 cm³/mol. The van der Waals surface area contributed by atoms with Crippen LogP contribution in [0.2, 0.25) is 0 Å². The van der Waals surface area contributed by atoms with E-state index in [1.165, 1.54) is 7.11 Å². The molecule has 0 fully saturated rings. The molecule has 5 nitrogen and oxygen atoms in total. The normalized spacial score (nSPS) is 11.9. The van der Waals surface area contributed by atoms with Gasteiger partial charge in [0.05, 0.1) is 7.11 Å². The van der Waals surface area contributed by atoms with E-state index in [2.05, 4.69) is 10.6 Å².